The largest absolute Gasteiger partial charge is 0.493 e. The van der Waals surface area contributed by atoms with Crippen LogP contribution in [0.5, 0.6) is 11.5 Å². The summed E-state index contributed by atoms with van der Waals surface area (Å²) in [4.78, 5) is 35.5. The third-order valence-corrected chi connectivity index (χ3v) is 4.26. The second-order valence-electron chi connectivity index (χ2n) is 5.63. The predicted octanol–water partition coefficient (Wildman–Crippen LogP) is 2.14. The van der Waals surface area contributed by atoms with Gasteiger partial charge < -0.3 is 19.5 Å². The highest BCUT2D eigenvalue weighted by Crippen LogP contribution is 2.37. The number of ether oxygens (including phenoxy) is 2. The van der Waals surface area contributed by atoms with Crippen molar-refractivity contribution < 1.29 is 37.9 Å². The van der Waals surface area contributed by atoms with Gasteiger partial charge in [0.05, 0.1) is 24.0 Å². The van der Waals surface area contributed by atoms with Crippen LogP contribution in [-0.2, 0) is 4.79 Å². The number of methoxy groups -OCH3 is 1. The maximum absolute atomic E-state index is 12.7. The van der Waals surface area contributed by atoms with Gasteiger partial charge in [-0.1, -0.05) is 0 Å². The molecule has 1 aliphatic rings. The molecule has 1 N–H and O–H groups in total. The molecular weight excluding hydrogens is 358 g/mol. The highest BCUT2D eigenvalue weighted by Gasteiger charge is 2.40. The number of carbonyl (C=O) groups excluding carboxylic acids is 1. The number of rotatable bonds is 6. The highest BCUT2D eigenvalue weighted by atomic mass is 19.3. The Morgan fingerprint density at radius 1 is 1.38 bits per heavy atom. The Hall–Kier alpha value is -2.98. The summed E-state index contributed by atoms with van der Waals surface area (Å²) < 4.78 is 34.0. The molecule has 11 heteroatoms. The third-order valence-electron chi connectivity index (χ3n) is 4.26. The molecule has 1 aliphatic heterocycles. The van der Waals surface area contributed by atoms with E-state index in [1.54, 1.807) is 0 Å². The van der Waals surface area contributed by atoms with Gasteiger partial charge in [-0.05, 0) is 13.3 Å². The molecule has 1 fully saturated rings. The zero-order valence-corrected chi connectivity index (χ0v) is 13.8. The monoisotopic (exact) mass is 374 g/mol. The molecule has 2 atom stereocenters. The van der Waals surface area contributed by atoms with Gasteiger partial charge in [0.1, 0.15) is 5.56 Å². The molecular formula is C15H16F2N2O7. The van der Waals surface area contributed by atoms with E-state index in [1.165, 1.54) is 11.8 Å². The van der Waals surface area contributed by atoms with Crippen LogP contribution in [0.15, 0.2) is 12.1 Å². The van der Waals surface area contributed by atoms with Crippen LogP contribution in [0.25, 0.3) is 0 Å². The number of halogens is 2. The number of hydrogen-bond acceptors (Lipinski definition) is 6. The van der Waals surface area contributed by atoms with E-state index in [4.69, 9.17) is 9.84 Å². The Balaban J connectivity index is 2.46. The SMILES string of the molecule is COc1cc(C(=O)N2CCC(C(=O)O)C2C)c([N+](=O)[O-])cc1OC(F)F. The number of nitro groups is 1. The van der Waals surface area contributed by atoms with Crippen LogP contribution in [0.1, 0.15) is 23.7 Å². The van der Waals surface area contributed by atoms with Crippen molar-refractivity contribution in [3.8, 4) is 11.5 Å². The van der Waals surface area contributed by atoms with Crippen LogP contribution in [0.4, 0.5) is 14.5 Å². The van der Waals surface area contributed by atoms with Crippen LogP contribution in [0, 0.1) is 16.0 Å². The standard InChI is InChI=1S/C15H16F2N2O7/c1-7-8(14(21)22)3-4-18(7)13(20)9-5-11(25-2)12(26-15(16)17)6-10(9)19(23)24/h5-8,15H,3-4H2,1-2H3,(H,21,22). The molecule has 1 amide bonds. The van der Waals surface area contributed by atoms with Gasteiger partial charge in [0.15, 0.2) is 11.5 Å². The van der Waals surface area contributed by atoms with Gasteiger partial charge in [-0.3, -0.25) is 19.7 Å². The normalized spacial score (nSPS) is 19.5. The van der Waals surface area contributed by atoms with E-state index in [0.29, 0.717) is 6.07 Å². The Labute approximate surface area is 146 Å². The van der Waals surface area contributed by atoms with E-state index in [0.717, 1.165) is 13.2 Å². The van der Waals surface area contributed by atoms with Crippen molar-refractivity contribution >= 4 is 17.6 Å². The quantitative estimate of drug-likeness (QED) is 0.598. The zero-order valence-electron chi connectivity index (χ0n) is 13.8. The Bertz CT molecular complexity index is 741. The molecule has 142 valence electrons. The average Bonchev–Trinajstić information content (AvgIpc) is 2.94. The van der Waals surface area contributed by atoms with E-state index >= 15 is 0 Å². The number of carboxylic acids is 1. The second-order valence-corrected chi connectivity index (χ2v) is 5.63. The van der Waals surface area contributed by atoms with E-state index < -0.39 is 52.4 Å². The van der Waals surface area contributed by atoms with E-state index in [9.17, 15) is 28.5 Å². The Morgan fingerprint density at radius 2 is 2.04 bits per heavy atom. The topological polar surface area (TPSA) is 119 Å². The molecule has 2 unspecified atom stereocenters. The minimum Gasteiger partial charge on any atom is -0.493 e. The number of likely N-dealkylation sites (tertiary alicyclic amines) is 1. The summed E-state index contributed by atoms with van der Waals surface area (Å²) >= 11 is 0. The van der Waals surface area contributed by atoms with Gasteiger partial charge in [-0.25, -0.2) is 0 Å². The molecule has 1 saturated heterocycles. The molecule has 0 aliphatic carbocycles. The summed E-state index contributed by atoms with van der Waals surface area (Å²) in [5.41, 5.74) is -1.14. The number of amides is 1. The fourth-order valence-corrected chi connectivity index (χ4v) is 2.93. The summed E-state index contributed by atoms with van der Waals surface area (Å²) in [7, 11) is 1.13. The first kappa shape index (κ1) is 19.3. The maximum atomic E-state index is 12.7. The fraction of sp³-hybridized carbons (Fsp3) is 0.467. The van der Waals surface area contributed by atoms with Crippen LogP contribution >= 0.6 is 0 Å². The van der Waals surface area contributed by atoms with Crippen molar-refractivity contribution in [1.82, 2.24) is 4.90 Å². The lowest BCUT2D eigenvalue weighted by atomic mass is 10.0. The molecule has 1 heterocycles. The molecule has 9 nitrogen and oxygen atoms in total. The number of alkyl halides is 2. The summed E-state index contributed by atoms with van der Waals surface area (Å²) in [5.74, 6) is -3.50. The lowest BCUT2D eigenvalue weighted by Crippen LogP contribution is -2.38. The van der Waals surface area contributed by atoms with Crippen LogP contribution < -0.4 is 9.47 Å². The summed E-state index contributed by atoms with van der Waals surface area (Å²) in [6.45, 7) is -1.60. The molecule has 1 aromatic rings. The molecule has 1 aromatic carbocycles. The molecule has 0 bridgehead atoms. The Morgan fingerprint density at radius 3 is 2.50 bits per heavy atom. The molecule has 0 aromatic heterocycles. The second kappa shape index (κ2) is 7.50. The van der Waals surface area contributed by atoms with Crippen LogP contribution in [0.2, 0.25) is 0 Å². The fourth-order valence-electron chi connectivity index (χ4n) is 2.93. The van der Waals surface area contributed by atoms with Gasteiger partial charge in [0.25, 0.3) is 11.6 Å². The minimum atomic E-state index is -3.24. The molecule has 0 spiro atoms. The number of aliphatic carboxylic acids is 1. The first-order valence-electron chi connectivity index (χ1n) is 7.52. The van der Waals surface area contributed by atoms with Gasteiger partial charge >= 0.3 is 12.6 Å². The number of nitro benzene ring substituents is 1. The molecule has 0 saturated carbocycles. The maximum Gasteiger partial charge on any atom is 0.387 e. The van der Waals surface area contributed by atoms with Crippen LogP contribution in [-0.4, -0.2) is 53.1 Å². The van der Waals surface area contributed by atoms with E-state index in [1.807, 2.05) is 0 Å². The molecule has 2 rings (SSSR count). The first-order valence-corrected chi connectivity index (χ1v) is 7.52. The van der Waals surface area contributed by atoms with E-state index in [2.05, 4.69) is 4.74 Å². The average molecular weight is 374 g/mol. The highest BCUT2D eigenvalue weighted by molar-refractivity contribution is 5.99. The number of benzene rings is 1. The third kappa shape index (κ3) is 3.65. The molecule has 26 heavy (non-hydrogen) atoms. The lowest BCUT2D eigenvalue weighted by molar-refractivity contribution is -0.385. The van der Waals surface area contributed by atoms with Crippen molar-refractivity contribution in [2.75, 3.05) is 13.7 Å². The van der Waals surface area contributed by atoms with Crippen molar-refractivity contribution in [2.45, 2.75) is 26.0 Å². The summed E-state index contributed by atoms with van der Waals surface area (Å²) in [5, 5.41) is 20.4. The number of carboxylic acid groups (broad SMARTS) is 1. The van der Waals surface area contributed by atoms with Gasteiger partial charge in [0.2, 0.25) is 0 Å². The molecule has 0 radical (unpaired) electrons. The number of nitrogens with zero attached hydrogens (tertiary/aromatic N) is 2. The van der Waals surface area contributed by atoms with Crippen molar-refractivity contribution in [2.24, 2.45) is 5.92 Å². The van der Waals surface area contributed by atoms with Crippen LogP contribution in [0.3, 0.4) is 0 Å². The zero-order chi connectivity index (χ0) is 19.6. The van der Waals surface area contributed by atoms with Gasteiger partial charge in [-0.15, -0.1) is 0 Å². The Kier molecular flexibility index (Phi) is 5.58. The van der Waals surface area contributed by atoms with Crippen molar-refractivity contribution in [3.05, 3.63) is 27.8 Å². The van der Waals surface area contributed by atoms with Gasteiger partial charge in [-0.2, -0.15) is 8.78 Å². The van der Waals surface area contributed by atoms with E-state index in [-0.39, 0.29) is 18.7 Å². The lowest BCUT2D eigenvalue weighted by Gasteiger charge is -2.23. The summed E-state index contributed by atoms with van der Waals surface area (Å²) in [6, 6.07) is 0.953. The predicted molar refractivity (Wildman–Crippen MR) is 82.5 cm³/mol. The smallest absolute Gasteiger partial charge is 0.387 e. The van der Waals surface area contributed by atoms with Crippen molar-refractivity contribution in [3.63, 3.8) is 0 Å². The minimum absolute atomic E-state index is 0.103. The number of hydrogen-bond donors (Lipinski definition) is 1. The number of carbonyl (C=O) groups is 2. The summed E-state index contributed by atoms with van der Waals surface area (Å²) in [6.07, 6.45) is 0.208. The van der Waals surface area contributed by atoms with Gasteiger partial charge in [0, 0.05) is 18.7 Å². The first-order chi connectivity index (χ1) is 12.2. The van der Waals surface area contributed by atoms with Crippen molar-refractivity contribution in [1.29, 1.82) is 0 Å².